The van der Waals surface area contributed by atoms with Crippen LogP contribution in [-0.2, 0) is 9.53 Å². The molecular formula is C18H15ClN2O6S. The first-order valence-corrected chi connectivity index (χ1v) is 9.38. The first kappa shape index (κ1) is 20.1. The molecule has 3 rings (SSSR count). The summed E-state index contributed by atoms with van der Waals surface area (Å²) < 4.78 is 10.6. The summed E-state index contributed by atoms with van der Waals surface area (Å²) in [4.78, 5) is 36.5. The van der Waals surface area contributed by atoms with E-state index in [1.807, 2.05) is 0 Å². The van der Waals surface area contributed by atoms with Crippen LogP contribution in [0.4, 0.5) is 10.5 Å². The lowest BCUT2D eigenvalue weighted by atomic mass is 10.1. The molecule has 146 valence electrons. The molecule has 1 aliphatic heterocycles. The second kappa shape index (κ2) is 8.59. The van der Waals surface area contributed by atoms with Crippen LogP contribution in [0.5, 0.6) is 0 Å². The SMILES string of the molecule is COCCCN1C(=O)S/C(=C/c2ccc(-c3ccc(Cl)cc3[N+](=O)[O-])o2)C1=O. The number of carbonyl (C=O) groups excluding carboxylic acids is 2. The molecule has 1 aliphatic rings. The average Bonchev–Trinajstić information content (AvgIpc) is 3.21. The van der Waals surface area contributed by atoms with E-state index < -0.39 is 10.8 Å². The van der Waals surface area contributed by atoms with Crippen LogP contribution in [0.2, 0.25) is 5.02 Å². The molecule has 10 heteroatoms. The predicted octanol–water partition coefficient (Wildman–Crippen LogP) is 4.58. The Hall–Kier alpha value is -2.62. The molecule has 1 aromatic heterocycles. The lowest BCUT2D eigenvalue weighted by Crippen LogP contribution is -2.29. The van der Waals surface area contributed by atoms with Gasteiger partial charge < -0.3 is 9.15 Å². The molecule has 0 spiro atoms. The number of thioether (sulfide) groups is 1. The van der Waals surface area contributed by atoms with E-state index in [0.717, 1.165) is 16.7 Å². The highest BCUT2D eigenvalue weighted by Gasteiger charge is 2.34. The Labute approximate surface area is 169 Å². The highest BCUT2D eigenvalue weighted by atomic mass is 35.5. The van der Waals surface area contributed by atoms with Crippen molar-refractivity contribution in [3.05, 3.63) is 56.1 Å². The van der Waals surface area contributed by atoms with Gasteiger partial charge in [-0.3, -0.25) is 24.6 Å². The molecule has 0 bridgehead atoms. The summed E-state index contributed by atoms with van der Waals surface area (Å²) in [6, 6.07) is 7.39. The molecule has 0 saturated carbocycles. The van der Waals surface area contributed by atoms with Gasteiger partial charge >= 0.3 is 0 Å². The molecule has 0 aliphatic carbocycles. The molecule has 1 aromatic carbocycles. The Bertz CT molecular complexity index is 971. The van der Waals surface area contributed by atoms with Crippen molar-refractivity contribution in [1.29, 1.82) is 0 Å². The number of imide groups is 1. The summed E-state index contributed by atoms with van der Waals surface area (Å²) >= 11 is 6.65. The van der Waals surface area contributed by atoms with Gasteiger partial charge in [-0.1, -0.05) is 11.6 Å². The van der Waals surface area contributed by atoms with Crippen molar-refractivity contribution in [3.8, 4) is 11.3 Å². The second-order valence-electron chi connectivity index (χ2n) is 5.80. The standard InChI is InChI=1S/C18H15ClN2O6S/c1-26-8-2-7-20-17(22)16(28-18(20)23)10-12-4-6-15(27-12)13-5-3-11(19)9-14(13)21(24)25/h3-6,9-10H,2,7-8H2,1H3/b16-10+. The van der Waals surface area contributed by atoms with Crippen molar-refractivity contribution in [2.24, 2.45) is 0 Å². The molecule has 28 heavy (non-hydrogen) atoms. The maximum atomic E-state index is 12.4. The van der Waals surface area contributed by atoms with Crippen molar-refractivity contribution >= 4 is 46.3 Å². The molecule has 2 amide bonds. The zero-order chi connectivity index (χ0) is 20.3. The van der Waals surface area contributed by atoms with Crippen LogP contribution in [0.1, 0.15) is 12.2 Å². The van der Waals surface area contributed by atoms with E-state index in [0.29, 0.717) is 18.8 Å². The van der Waals surface area contributed by atoms with Crippen LogP contribution in [0.25, 0.3) is 17.4 Å². The summed E-state index contributed by atoms with van der Waals surface area (Å²) in [5.74, 6) is 0.164. The zero-order valence-electron chi connectivity index (χ0n) is 14.7. The number of amides is 2. The molecule has 1 saturated heterocycles. The third-order valence-corrected chi connectivity index (χ3v) is 5.07. The summed E-state index contributed by atoms with van der Waals surface area (Å²) in [6.07, 6.45) is 2.00. The Morgan fingerprint density at radius 1 is 1.32 bits per heavy atom. The van der Waals surface area contributed by atoms with Gasteiger partial charge in [0.15, 0.2) is 0 Å². The monoisotopic (exact) mass is 422 g/mol. The minimum absolute atomic E-state index is 0.188. The number of halogens is 1. The number of methoxy groups -OCH3 is 1. The molecule has 0 unspecified atom stereocenters. The zero-order valence-corrected chi connectivity index (χ0v) is 16.3. The van der Waals surface area contributed by atoms with E-state index in [9.17, 15) is 19.7 Å². The lowest BCUT2D eigenvalue weighted by molar-refractivity contribution is -0.384. The van der Waals surface area contributed by atoms with Crippen LogP contribution in [0.15, 0.2) is 39.7 Å². The number of hydrogen-bond donors (Lipinski definition) is 0. The number of nitro groups is 1. The largest absolute Gasteiger partial charge is 0.456 e. The van der Waals surface area contributed by atoms with Gasteiger partial charge in [0.2, 0.25) is 0 Å². The van der Waals surface area contributed by atoms with Gasteiger partial charge in [-0.2, -0.15) is 0 Å². The molecule has 8 nitrogen and oxygen atoms in total. The van der Waals surface area contributed by atoms with Gasteiger partial charge in [0.25, 0.3) is 16.8 Å². The number of nitro benzene ring substituents is 1. The number of nitrogens with zero attached hydrogens (tertiary/aromatic N) is 2. The molecule has 0 radical (unpaired) electrons. The quantitative estimate of drug-likeness (QED) is 0.278. The van der Waals surface area contributed by atoms with E-state index in [1.165, 1.54) is 24.3 Å². The van der Waals surface area contributed by atoms with Gasteiger partial charge in [-0.25, -0.2) is 0 Å². The smallest absolute Gasteiger partial charge is 0.293 e. The third kappa shape index (κ3) is 4.27. The third-order valence-electron chi connectivity index (χ3n) is 3.93. The lowest BCUT2D eigenvalue weighted by Gasteiger charge is -2.11. The minimum Gasteiger partial charge on any atom is -0.456 e. The van der Waals surface area contributed by atoms with Crippen LogP contribution in [0.3, 0.4) is 0 Å². The normalized spacial score (nSPS) is 15.6. The molecule has 1 fully saturated rings. The van der Waals surface area contributed by atoms with E-state index in [1.54, 1.807) is 19.2 Å². The predicted molar refractivity (Wildman–Crippen MR) is 105 cm³/mol. The summed E-state index contributed by atoms with van der Waals surface area (Å²) in [6.45, 7) is 0.721. The van der Waals surface area contributed by atoms with Gasteiger partial charge in [-0.05, 0) is 42.4 Å². The average molecular weight is 423 g/mol. The van der Waals surface area contributed by atoms with Gasteiger partial charge in [0, 0.05) is 37.4 Å². The Morgan fingerprint density at radius 3 is 2.82 bits per heavy atom. The number of rotatable bonds is 7. The van der Waals surface area contributed by atoms with E-state index in [4.69, 9.17) is 20.8 Å². The molecule has 2 aromatic rings. The van der Waals surface area contributed by atoms with Crippen LogP contribution < -0.4 is 0 Å². The van der Waals surface area contributed by atoms with Crippen LogP contribution in [-0.4, -0.2) is 41.2 Å². The first-order chi connectivity index (χ1) is 13.4. The number of benzene rings is 1. The summed E-state index contributed by atoms with van der Waals surface area (Å²) in [7, 11) is 1.55. The van der Waals surface area contributed by atoms with Crippen molar-refractivity contribution in [1.82, 2.24) is 4.90 Å². The molecule has 2 heterocycles. The van der Waals surface area contributed by atoms with E-state index in [-0.39, 0.29) is 38.7 Å². The van der Waals surface area contributed by atoms with Gasteiger partial charge in [-0.15, -0.1) is 0 Å². The van der Waals surface area contributed by atoms with Crippen molar-refractivity contribution in [3.63, 3.8) is 0 Å². The fourth-order valence-electron chi connectivity index (χ4n) is 2.63. The number of carbonyl (C=O) groups is 2. The van der Waals surface area contributed by atoms with Gasteiger partial charge in [0.05, 0.1) is 15.4 Å². The number of hydrogen-bond acceptors (Lipinski definition) is 7. The molecule has 0 atom stereocenters. The highest BCUT2D eigenvalue weighted by Crippen LogP contribution is 2.36. The van der Waals surface area contributed by atoms with Crippen molar-refractivity contribution < 1.29 is 23.7 Å². The Kier molecular flexibility index (Phi) is 6.18. The van der Waals surface area contributed by atoms with Gasteiger partial charge in [0.1, 0.15) is 11.5 Å². The maximum Gasteiger partial charge on any atom is 0.293 e. The van der Waals surface area contributed by atoms with Crippen molar-refractivity contribution in [2.75, 3.05) is 20.3 Å². The second-order valence-corrected chi connectivity index (χ2v) is 7.23. The molecular weight excluding hydrogens is 408 g/mol. The van der Waals surface area contributed by atoms with E-state index >= 15 is 0 Å². The Morgan fingerprint density at radius 2 is 2.11 bits per heavy atom. The number of furan rings is 1. The molecule has 0 N–H and O–H groups in total. The van der Waals surface area contributed by atoms with Crippen LogP contribution >= 0.6 is 23.4 Å². The Balaban J connectivity index is 1.83. The van der Waals surface area contributed by atoms with Crippen molar-refractivity contribution in [2.45, 2.75) is 6.42 Å². The fourth-order valence-corrected chi connectivity index (χ4v) is 3.64. The van der Waals surface area contributed by atoms with Crippen LogP contribution in [0, 0.1) is 10.1 Å². The minimum atomic E-state index is -0.547. The fraction of sp³-hybridized carbons (Fsp3) is 0.222. The number of ether oxygens (including phenoxy) is 1. The summed E-state index contributed by atoms with van der Waals surface area (Å²) in [5, 5.41) is 11.1. The first-order valence-electron chi connectivity index (χ1n) is 8.19. The highest BCUT2D eigenvalue weighted by molar-refractivity contribution is 8.18. The maximum absolute atomic E-state index is 12.4. The van der Waals surface area contributed by atoms with E-state index in [2.05, 4.69) is 0 Å². The summed E-state index contributed by atoms with van der Waals surface area (Å²) in [5.41, 5.74) is 0.0774. The topological polar surface area (TPSA) is 103 Å².